The molecule has 0 saturated heterocycles. The second kappa shape index (κ2) is 10.6. The summed E-state index contributed by atoms with van der Waals surface area (Å²) in [6.07, 6.45) is 3.68. The highest BCUT2D eigenvalue weighted by atomic mass is 32.2. The zero-order chi connectivity index (χ0) is 22.3. The number of carbonyl (C=O) groups is 1. The highest BCUT2D eigenvalue weighted by Crippen LogP contribution is 2.33. The molecule has 0 fully saturated rings. The molecule has 3 atom stereocenters. The number of benzene rings is 2. The summed E-state index contributed by atoms with van der Waals surface area (Å²) in [5.74, 6) is -0.943. The summed E-state index contributed by atoms with van der Waals surface area (Å²) in [5, 5.41) is 0. The minimum Gasteiger partial charge on any atom is -0.466 e. The molecule has 2 aromatic rings. The predicted molar refractivity (Wildman–Crippen MR) is 118 cm³/mol. The summed E-state index contributed by atoms with van der Waals surface area (Å²) in [5.41, 5.74) is 0.976. The van der Waals surface area contributed by atoms with Crippen molar-refractivity contribution >= 4 is 16.0 Å². The van der Waals surface area contributed by atoms with Crippen LogP contribution in [0.2, 0.25) is 0 Å². The SMILES string of the molecule is CCC[C@@H](O[C@@H]1C[C@H](C(=O)OCC)C=CN1S(=O)(=O)c1ccccc1)c1ccccc1. The maximum Gasteiger partial charge on any atom is 0.313 e. The minimum absolute atomic E-state index is 0.176. The lowest BCUT2D eigenvalue weighted by Gasteiger charge is -2.37. The maximum absolute atomic E-state index is 13.4. The largest absolute Gasteiger partial charge is 0.466 e. The highest BCUT2D eigenvalue weighted by molar-refractivity contribution is 7.89. The Hall–Kier alpha value is -2.64. The molecule has 0 saturated carbocycles. The molecule has 166 valence electrons. The normalized spacial score (nSPS) is 19.7. The van der Waals surface area contributed by atoms with Gasteiger partial charge in [-0.15, -0.1) is 0 Å². The first-order valence-electron chi connectivity index (χ1n) is 10.6. The van der Waals surface area contributed by atoms with E-state index in [0.717, 1.165) is 18.4 Å². The monoisotopic (exact) mass is 443 g/mol. The molecule has 0 aliphatic carbocycles. The number of carbonyl (C=O) groups excluding carboxylic acids is 1. The van der Waals surface area contributed by atoms with Gasteiger partial charge in [-0.3, -0.25) is 4.79 Å². The molecule has 2 aromatic carbocycles. The molecule has 6 nitrogen and oxygen atoms in total. The van der Waals surface area contributed by atoms with Crippen LogP contribution in [0.25, 0.3) is 0 Å². The van der Waals surface area contributed by atoms with Crippen LogP contribution in [0, 0.1) is 5.92 Å². The number of hydrogen-bond donors (Lipinski definition) is 0. The second-order valence-electron chi connectivity index (χ2n) is 7.36. The Bertz CT molecular complexity index is 976. The lowest BCUT2D eigenvalue weighted by molar-refractivity contribution is -0.150. The standard InChI is InChI=1S/C24H29NO5S/c1-3-11-22(19-12-7-5-8-13-19)30-23-18-20(24(26)29-4-2)16-17-25(23)31(27,28)21-14-9-6-10-15-21/h5-10,12-17,20,22-23H,3-4,11,18H2,1-2H3/t20-,22-,23-/m1/s1. The van der Waals surface area contributed by atoms with Crippen molar-refractivity contribution in [3.8, 4) is 0 Å². The van der Waals surface area contributed by atoms with Crippen LogP contribution in [0.15, 0.2) is 77.8 Å². The van der Waals surface area contributed by atoms with Crippen molar-refractivity contribution in [2.24, 2.45) is 5.92 Å². The molecule has 0 bridgehead atoms. The highest BCUT2D eigenvalue weighted by Gasteiger charge is 2.37. The van der Waals surface area contributed by atoms with Gasteiger partial charge >= 0.3 is 5.97 Å². The van der Waals surface area contributed by atoms with Crippen LogP contribution in [0.3, 0.4) is 0 Å². The molecule has 0 unspecified atom stereocenters. The average Bonchev–Trinajstić information content (AvgIpc) is 2.80. The topological polar surface area (TPSA) is 72.9 Å². The van der Waals surface area contributed by atoms with Gasteiger partial charge in [0.2, 0.25) is 0 Å². The molecular weight excluding hydrogens is 414 g/mol. The Morgan fingerprint density at radius 2 is 1.71 bits per heavy atom. The van der Waals surface area contributed by atoms with Gasteiger partial charge in [0, 0.05) is 12.6 Å². The van der Waals surface area contributed by atoms with Gasteiger partial charge in [-0.05, 0) is 31.0 Å². The second-order valence-corrected chi connectivity index (χ2v) is 9.21. The van der Waals surface area contributed by atoms with Crippen LogP contribution in [0.4, 0.5) is 0 Å². The summed E-state index contributed by atoms with van der Waals surface area (Å²) in [4.78, 5) is 12.5. The van der Waals surface area contributed by atoms with Crippen molar-refractivity contribution in [1.29, 1.82) is 0 Å². The minimum atomic E-state index is -3.85. The van der Waals surface area contributed by atoms with E-state index >= 15 is 0 Å². The Balaban J connectivity index is 1.95. The first-order chi connectivity index (χ1) is 15.0. The molecule has 1 aliphatic heterocycles. The van der Waals surface area contributed by atoms with Crippen molar-refractivity contribution in [2.75, 3.05) is 6.61 Å². The third kappa shape index (κ3) is 5.54. The van der Waals surface area contributed by atoms with Crippen molar-refractivity contribution in [3.63, 3.8) is 0 Å². The summed E-state index contributed by atoms with van der Waals surface area (Å²) in [6, 6.07) is 18.0. The zero-order valence-electron chi connectivity index (χ0n) is 17.9. The van der Waals surface area contributed by atoms with E-state index in [0.29, 0.717) is 0 Å². The van der Waals surface area contributed by atoms with Crippen LogP contribution in [0.1, 0.15) is 44.8 Å². The van der Waals surface area contributed by atoms with E-state index < -0.39 is 22.2 Å². The van der Waals surface area contributed by atoms with Gasteiger partial charge in [0.15, 0.2) is 0 Å². The third-order valence-electron chi connectivity index (χ3n) is 5.16. The van der Waals surface area contributed by atoms with Gasteiger partial charge in [0.1, 0.15) is 6.23 Å². The molecule has 3 rings (SSSR count). The molecule has 0 spiro atoms. The van der Waals surface area contributed by atoms with Crippen LogP contribution >= 0.6 is 0 Å². The summed E-state index contributed by atoms with van der Waals surface area (Å²) in [7, 11) is -3.85. The predicted octanol–water partition coefficient (Wildman–Crippen LogP) is 4.66. The van der Waals surface area contributed by atoms with Gasteiger partial charge in [0.25, 0.3) is 10.0 Å². The Labute approximate surface area is 184 Å². The Morgan fingerprint density at radius 1 is 1.06 bits per heavy atom. The average molecular weight is 444 g/mol. The lowest BCUT2D eigenvalue weighted by Crippen LogP contribution is -2.43. The van der Waals surface area contributed by atoms with Crippen LogP contribution in [0.5, 0.6) is 0 Å². The first-order valence-corrected chi connectivity index (χ1v) is 12.0. The number of hydrogen-bond acceptors (Lipinski definition) is 5. The molecule has 31 heavy (non-hydrogen) atoms. The summed E-state index contributed by atoms with van der Waals surface area (Å²) >= 11 is 0. The fourth-order valence-corrected chi connectivity index (χ4v) is 5.03. The molecule has 0 amide bonds. The van der Waals surface area contributed by atoms with Crippen molar-refractivity contribution < 1.29 is 22.7 Å². The lowest BCUT2D eigenvalue weighted by atomic mass is 10.0. The molecule has 0 aromatic heterocycles. The number of esters is 1. The van der Waals surface area contributed by atoms with Crippen LogP contribution < -0.4 is 0 Å². The van der Waals surface area contributed by atoms with Gasteiger partial charge in [-0.1, -0.05) is 68.0 Å². The van der Waals surface area contributed by atoms with E-state index in [2.05, 4.69) is 6.92 Å². The quantitative estimate of drug-likeness (QED) is 0.527. The zero-order valence-corrected chi connectivity index (χ0v) is 18.7. The molecule has 0 radical (unpaired) electrons. The number of ether oxygens (including phenoxy) is 2. The van der Waals surface area contributed by atoms with Crippen molar-refractivity contribution in [1.82, 2.24) is 4.31 Å². The van der Waals surface area contributed by atoms with Crippen LogP contribution in [-0.4, -0.2) is 31.5 Å². The van der Waals surface area contributed by atoms with E-state index in [9.17, 15) is 13.2 Å². The molecule has 1 aliphatic rings. The van der Waals surface area contributed by atoms with Gasteiger partial charge < -0.3 is 9.47 Å². The van der Waals surface area contributed by atoms with E-state index in [1.807, 2.05) is 30.3 Å². The number of sulfonamides is 1. The molecule has 0 N–H and O–H groups in total. The van der Waals surface area contributed by atoms with Gasteiger partial charge in [0.05, 0.1) is 23.5 Å². The number of nitrogens with zero attached hydrogens (tertiary/aromatic N) is 1. The van der Waals surface area contributed by atoms with Crippen LogP contribution in [-0.2, 0) is 24.3 Å². The molecular formula is C24H29NO5S. The first kappa shape index (κ1) is 23.0. The summed E-state index contributed by atoms with van der Waals surface area (Å²) < 4.78 is 39.5. The smallest absolute Gasteiger partial charge is 0.313 e. The fourth-order valence-electron chi connectivity index (χ4n) is 3.61. The van der Waals surface area contributed by atoms with Gasteiger partial charge in [-0.25, -0.2) is 12.7 Å². The van der Waals surface area contributed by atoms with Crippen molar-refractivity contribution in [3.05, 3.63) is 78.5 Å². The fraction of sp³-hybridized carbons (Fsp3) is 0.375. The van der Waals surface area contributed by atoms with E-state index in [-0.39, 0.29) is 30.0 Å². The number of rotatable bonds is 9. The Kier molecular flexibility index (Phi) is 7.87. The Morgan fingerprint density at radius 3 is 2.32 bits per heavy atom. The van der Waals surface area contributed by atoms with E-state index in [4.69, 9.17) is 9.47 Å². The van der Waals surface area contributed by atoms with E-state index in [1.54, 1.807) is 43.3 Å². The van der Waals surface area contributed by atoms with Crippen molar-refractivity contribution in [2.45, 2.75) is 50.3 Å². The van der Waals surface area contributed by atoms with E-state index in [1.165, 1.54) is 10.5 Å². The third-order valence-corrected chi connectivity index (χ3v) is 6.94. The van der Waals surface area contributed by atoms with Gasteiger partial charge in [-0.2, -0.15) is 0 Å². The maximum atomic E-state index is 13.4. The molecule has 1 heterocycles. The summed E-state index contributed by atoms with van der Waals surface area (Å²) in [6.45, 7) is 4.07. The molecule has 7 heteroatoms.